The number of halogens is 1. The van der Waals surface area contributed by atoms with E-state index in [2.05, 4.69) is 21.5 Å². The summed E-state index contributed by atoms with van der Waals surface area (Å²) in [6.45, 7) is 3.68. The van der Waals surface area contributed by atoms with Crippen molar-refractivity contribution in [2.24, 2.45) is 0 Å². The Morgan fingerprint density at radius 1 is 1.29 bits per heavy atom. The Kier molecular flexibility index (Phi) is 5.80. The van der Waals surface area contributed by atoms with E-state index in [0.717, 1.165) is 16.7 Å². The molecule has 0 spiro atoms. The van der Waals surface area contributed by atoms with E-state index >= 15 is 0 Å². The molecular weight excluding hydrogens is 357 g/mol. The maximum Gasteiger partial charge on any atom is 0.225 e. The van der Waals surface area contributed by atoms with Crippen LogP contribution in [0.15, 0.2) is 48.8 Å². The Labute approximate surface area is 162 Å². The van der Waals surface area contributed by atoms with Gasteiger partial charge < -0.3 is 5.32 Å². The summed E-state index contributed by atoms with van der Waals surface area (Å²) in [4.78, 5) is 15.9. The highest BCUT2D eigenvalue weighted by molar-refractivity contribution is 5.90. The zero-order valence-corrected chi connectivity index (χ0v) is 15.7. The van der Waals surface area contributed by atoms with Gasteiger partial charge in [-0.3, -0.25) is 9.48 Å². The van der Waals surface area contributed by atoms with Gasteiger partial charge in [-0.25, -0.2) is 9.37 Å². The number of nitrogens with zero attached hydrogens (tertiary/aromatic N) is 4. The van der Waals surface area contributed by atoms with Crippen molar-refractivity contribution in [2.45, 2.75) is 32.7 Å². The number of carbonyl (C=O) groups is 1. The Morgan fingerprint density at radius 2 is 2.04 bits per heavy atom. The molecule has 6 nitrogen and oxygen atoms in total. The molecule has 1 atom stereocenters. The predicted octanol–water partition coefficient (Wildman–Crippen LogP) is 4.57. The summed E-state index contributed by atoms with van der Waals surface area (Å²) >= 11 is 0. The fourth-order valence-corrected chi connectivity index (χ4v) is 2.77. The lowest BCUT2D eigenvalue weighted by molar-refractivity contribution is -0.115. The van der Waals surface area contributed by atoms with Crippen molar-refractivity contribution in [3.63, 3.8) is 0 Å². The number of pyridine rings is 1. The summed E-state index contributed by atoms with van der Waals surface area (Å²) in [6, 6.07) is 11.7. The molecule has 7 heteroatoms. The van der Waals surface area contributed by atoms with Crippen LogP contribution in [0, 0.1) is 17.1 Å². The van der Waals surface area contributed by atoms with Crippen LogP contribution in [-0.2, 0) is 4.79 Å². The van der Waals surface area contributed by atoms with Gasteiger partial charge in [0.1, 0.15) is 17.3 Å². The number of amides is 1. The topological polar surface area (TPSA) is 83.6 Å². The zero-order chi connectivity index (χ0) is 20.1. The molecule has 28 heavy (non-hydrogen) atoms. The van der Waals surface area contributed by atoms with Crippen LogP contribution in [0.3, 0.4) is 0 Å². The number of benzene rings is 1. The molecule has 0 aliphatic rings. The van der Waals surface area contributed by atoms with Crippen molar-refractivity contribution in [2.75, 3.05) is 5.32 Å². The number of anilines is 1. The Bertz CT molecular complexity index is 1020. The minimum absolute atomic E-state index is 0.112. The Morgan fingerprint density at radius 3 is 2.71 bits per heavy atom. The van der Waals surface area contributed by atoms with Crippen LogP contribution >= 0.6 is 0 Å². The second-order valence-electron chi connectivity index (χ2n) is 6.42. The van der Waals surface area contributed by atoms with Crippen molar-refractivity contribution in [3.8, 4) is 28.5 Å². The van der Waals surface area contributed by atoms with Gasteiger partial charge in [-0.15, -0.1) is 0 Å². The number of hydrogen-bond acceptors (Lipinski definition) is 4. The summed E-state index contributed by atoms with van der Waals surface area (Å²) in [6.07, 6.45) is 4.15. The molecule has 0 aliphatic heterocycles. The number of rotatable bonds is 6. The maximum atomic E-state index is 13.4. The second-order valence-corrected chi connectivity index (χ2v) is 6.42. The van der Waals surface area contributed by atoms with E-state index in [9.17, 15) is 9.18 Å². The highest BCUT2D eigenvalue weighted by Crippen LogP contribution is 2.33. The molecule has 1 N–H and O–H groups in total. The monoisotopic (exact) mass is 377 g/mol. The maximum absolute atomic E-state index is 13.4. The largest absolute Gasteiger partial charge is 0.311 e. The second kappa shape index (κ2) is 8.44. The average molecular weight is 377 g/mol. The smallest absolute Gasteiger partial charge is 0.225 e. The lowest BCUT2D eigenvalue weighted by Gasteiger charge is -2.06. The summed E-state index contributed by atoms with van der Waals surface area (Å²) in [5.41, 5.74) is 3.06. The molecule has 0 saturated heterocycles. The van der Waals surface area contributed by atoms with Gasteiger partial charge in [0, 0.05) is 29.9 Å². The zero-order valence-electron chi connectivity index (χ0n) is 15.7. The molecule has 142 valence electrons. The normalized spacial score (nSPS) is 11.6. The van der Waals surface area contributed by atoms with Crippen molar-refractivity contribution in [3.05, 3.63) is 54.6 Å². The van der Waals surface area contributed by atoms with Gasteiger partial charge in [-0.1, -0.05) is 6.92 Å². The number of nitrogens with one attached hydrogen (secondary N) is 1. The first-order chi connectivity index (χ1) is 13.5. The highest BCUT2D eigenvalue weighted by Gasteiger charge is 2.17. The van der Waals surface area contributed by atoms with Gasteiger partial charge >= 0.3 is 0 Å². The molecule has 2 aromatic heterocycles. The van der Waals surface area contributed by atoms with E-state index in [1.165, 1.54) is 12.1 Å². The minimum atomic E-state index is -0.323. The van der Waals surface area contributed by atoms with Crippen molar-refractivity contribution in [1.82, 2.24) is 14.8 Å². The molecule has 0 saturated carbocycles. The molecule has 0 aliphatic carbocycles. The highest BCUT2D eigenvalue weighted by atomic mass is 19.1. The number of carbonyl (C=O) groups excluding carboxylic acids is 1. The first-order valence-corrected chi connectivity index (χ1v) is 9.00. The van der Waals surface area contributed by atoms with Gasteiger partial charge in [-0.2, -0.15) is 10.4 Å². The van der Waals surface area contributed by atoms with E-state index in [4.69, 9.17) is 5.26 Å². The first kappa shape index (κ1) is 19.2. The van der Waals surface area contributed by atoms with Gasteiger partial charge in [0.05, 0.1) is 18.5 Å². The molecule has 2 heterocycles. The lowest BCUT2D eigenvalue weighted by Crippen LogP contribution is -2.10. The number of hydrogen-bond donors (Lipinski definition) is 1. The van der Waals surface area contributed by atoms with Crippen LogP contribution in [0.4, 0.5) is 10.2 Å². The fraction of sp³-hybridized carbons (Fsp3) is 0.238. The van der Waals surface area contributed by atoms with Crippen LogP contribution in [0.25, 0.3) is 22.4 Å². The van der Waals surface area contributed by atoms with E-state index in [1.54, 1.807) is 36.0 Å². The van der Waals surface area contributed by atoms with Crippen LogP contribution in [0.5, 0.6) is 0 Å². The SMILES string of the molecule is CCC(=O)Nc1cc(-c2cn(C(C)CC#N)nc2-c2ccc(F)cc2)ccn1. The Hall–Kier alpha value is -3.53. The molecule has 3 aromatic rings. The van der Waals surface area contributed by atoms with E-state index < -0.39 is 0 Å². The molecule has 0 radical (unpaired) electrons. The van der Waals surface area contributed by atoms with Crippen LogP contribution in [-0.4, -0.2) is 20.7 Å². The van der Waals surface area contributed by atoms with Crippen LogP contribution < -0.4 is 5.32 Å². The molecule has 3 rings (SSSR count). The molecule has 1 unspecified atom stereocenters. The van der Waals surface area contributed by atoms with Gasteiger partial charge in [0.25, 0.3) is 0 Å². The minimum Gasteiger partial charge on any atom is -0.311 e. The summed E-state index contributed by atoms with van der Waals surface area (Å²) in [7, 11) is 0. The van der Waals surface area contributed by atoms with E-state index in [1.807, 2.05) is 19.2 Å². The van der Waals surface area contributed by atoms with Crippen LogP contribution in [0.2, 0.25) is 0 Å². The van der Waals surface area contributed by atoms with Crippen LogP contribution in [0.1, 0.15) is 32.7 Å². The third kappa shape index (κ3) is 4.23. The third-order valence-electron chi connectivity index (χ3n) is 4.35. The van der Waals surface area contributed by atoms with Gasteiger partial charge in [-0.05, 0) is 48.9 Å². The van der Waals surface area contributed by atoms with Crippen molar-refractivity contribution >= 4 is 11.7 Å². The molecular formula is C21H20FN5O. The molecule has 0 bridgehead atoms. The standard InChI is InChI=1S/C21H20FN5O/c1-3-20(28)25-19-12-16(9-11-24-19)18-13-27(14(2)8-10-23)26-21(18)15-4-6-17(22)7-5-15/h4-7,9,11-14H,3,8H2,1-2H3,(H,24,25,28). The molecule has 1 amide bonds. The van der Waals surface area contributed by atoms with Crippen molar-refractivity contribution in [1.29, 1.82) is 5.26 Å². The number of nitriles is 1. The molecule has 1 aromatic carbocycles. The third-order valence-corrected chi connectivity index (χ3v) is 4.35. The first-order valence-electron chi connectivity index (χ1n) is 9.00. The average Bonchev–Trinajstić information content (AvgIpc) is 3.14. The summed E-state index contributed by atoms with van der Waals surface area (Å²) in [5.74, 6) is 0.00466. The lowest BCUT2D eigenvalue weighted by atomic mass is 10.0. The quantitative estimate of drug-likeness (QED) is 0.682. The Balaban J connectivity index is 2.08. The van der Waals surface area contributed by atoms with E-state index in [0.29, 0.717) is 24.4 Å². The predicted molar refractivity (Wildman–Crippen MR) is 105 cm³/mol. The fourth-order valence-electron chi connectivity index (χ4n) is 2.77. The van der Waals surface area contributed by atoms with Gasteiger partial charge in [0.15, 0.2) is 0 Å². The van der Waals surface area contributed by atoms with Crippen molar-refractivity contribution < 1.29 is 9.18 Å². The summed E-state index contributed by atoms with van der Waals surface area (Å²) in [5, 5.41) is 16.4. The number of aromatic nitrogens is 3. The molecule has 0 fully saturated rings. The van der Waals surface area contributed by atoms with Gasteiger partial charge in [0.2, 0.25) is 5.91 Å². The van der Waals surface area contributed by atoms with E-state index in [-0.39, 0.29) is 17.8 Å². The summed E-state index contributed by atoms with van der Waals surface area (Å²) < 4.78 is 15.1.